The molecule has 1 fully saturated rings. The predicted molar refractivity (Wildman–Crippen MR) is 98.6 cm³/mol. The summed E-state index contributed by atoms with van der Waals surface area (Å²) in [6, 6.07) is 8.32. The van der Waals surface area contributed by atoms with E-state index in [-0.39, 0.29) is 29.3 Å². The van der Waals surface area contributed by atoms with Crippen LogP contribution < -0.4 is 5.73 Å². The van der Waals surface area contributed by atoms with Gasteiger partial charge in [-0.2, -0.15) is 0 Å². The summed E-state index contributed by atoms with van der Waals surface area (Å²) in [6.45, 7) is 3.11. The number of piperidine rings is 1. The molecule has 136 valence electrons. The Kier molecular flexibility index (Phi) is 5.92. The van der Waals surface area contributed by atoms with Crippen molar-refractivity contribution < 1.29 is 13.2 Å². The minimum Gasteiger partial charge on any atom is -0.338 e. The highest BCUT2D eigenvalue weighted by Crippen LogP contribution is 2.18. The van der Waals surface area contributed by atoms with E-state index < -0.39 is 10.0 Å². The van der Waals surface area contributed by atoms with Crippen molar-refractivity contribution in [1.82, 2.24) is 8.87 Å². The average molecular weight is 384 g/mol. The number of rotatable bonds is 3. The zero-order valence-corrected chi connectivity index (χ0v) is 15.6. The maximum atomic E-state index is 12.6. The van der Waals surface area contributed by atoms with Crippen molar-refractivity contribution in [2.75, 3.05) is 13.1 Å². The lowest BCUT2D eigenvalue weighted by atomic mass is 10.1. The third kappa shape index (κ3) is 4.05. The first-order chi connectivity index (χ1) is 11.4. The van der Waals surface area contributed by atoms with Crippen LogP contribution in [0.15, 0.2) is 47.6 Å². The number of nitrogens with two attached hydrogens (primary N) is 1. The molecule has 0 radical (unpaired) electrons. The molecule has 1 aliphatic rings. The first-order valence-electron chi connectivity index (χ1n) is 7.93. The number of aryl methyl sites for hydroxylation is 1. The molecule has 0 spiro atoms. The number of hydrogen-bond acceptors (Lipinski definition) is 4. The SMILES string of the molecule is Cc1ccc(S(=O)(=O)n2ccc(C(=O)N3CCC(N)CC3)c2)cc1.Cl. The summed E-state index contributed by atoms with van der Waals surface area (Å²) in [4.78, 5) is 14.4. The first kappa shape index (κ1) is 19.5. The van der Waals surface area contributed by atoms with Gasteiger partial charge in [0, 0.05) is 31.5 Å². The molecule has 2 N–H and O–H groups in total. The van der Waals surface area contributed by atoms with Gasteiger partial charge in [-0.15, -0.1) is 12.4 Å². The second-order valence-corrected chi connectivity index (χ2v) is 8.02. The van der Waals surface area contributed by atoms with E-state index in [1.807, 2.05) is 6.92 Å². The predicted octanol–water partition coefficient (Wildman–Crippen LogP) is 2.02. The van der Waals surface area contributed by atoms with E-state index in [4.69, 9.17) is 5.73 Å². The summed E-state index contributed by atoms with van der Waals surface area (Å²) < 4.78 is 26.3. The molecular weight excluding hydrogens is 362 g/mol. The Morgan fingerprint density at radius 3 is 2.32 bits per heavy atom. The monoisotopic (exact) mass is 383 g/mol. The molecule has 6 nitrogen and oxygen atoms in total. The van der Waals surface area contributed by atoms with Crippen molar-refractivity contribution in [3.05, 3.63) is 53.9 Å². The molecule has 3 rings (SSSR count). The summed E-state index contributed by atoms with van der Waals surface area (Å²) in [5.74, 6) is -0.153. The molecule has 1 saturated heterocycles. The second kappa shape index (κ2) is 7.59. The number of amides is 1. The molecule has 1 aromatic carbocycles. The summed E-state index contributed by atoms with van der Waals surface area (Å²) in [7, 11) is -3.68. The van der Waals surface area contributed by atoms with E-state index in [0.29, 0.717) is 18.7 Å². The second-order valence-electron chi connectivity index (χ2n) is 6.18. The van der Waals surface area contributed by atoms with Gasteiger partial charge in [-0.25, -0.2) is 12.4 Å². The van der Waals surface area contributed by atoms with E-state index in [0.717, 1.165) is 22.4 Å². The molecule has 1 aromatic heterocycles. The zero-order chi connectivity index (χ0) is 17.3. The smallest absolute Gasteiger partial charge is 0.267 e. The number of aromatic nitrogens is 1. The first-order valence-corrected chi connectivity index (χ1v) is 9.37. The van der Waals surface area contributed by atoms with Gasteiger partial charge in [0.15, 0.2) is 0 Å². The van der Waals surface area contributed by atoms with E-state index in [2.05, 4.69) is 0 Å². The van der Waals surface area contributed by atoms with E-state index >= 15 is 0 Å². The molecule has 0 atom stereocenters. The van der Waals surface area contributed by atoms with Gasteiger partial charge in [-0.1, -0.05) is 17.7 Å². The minimum atomic E-state index is -3.68. The maximum absolute atomic E-state index is 12.6. The van der Waals surface area contributed by atoms with Gasteiger partial charge in [0.1, 0.15) is 0 Å². The Labute approximate surface area is 154 Å². The minimum absolute atomic E-state index is 0. The standard InChI is InChI=1S/C17H21N3O3S.ClH/c1-13-2-4-16(5-3-13)24(22,23)20-11-6-14(12-20)17(21)19-9-7-15(18)8-10-19;/h2-6,11-12,15H,7-10,18H2,1H3;1H. The molecule has 25 heavy (non-hydrogen) atoms. The van der Waals surface area contributed by atoms with Crippen LogP contribution in [0.1, 0.15) is 28.8 Å². The van der Waals surface area contributed by atoms with Crippen molar-refractivity contribution in [1.29, 1.82) is 0 Å². The van der Waals surface area contributed by atoms with Crippen LogP contribution in [-0.4, -0.2) is 42.3 Å². The van der Waals surface area contributed by atoms with Crippen molar-refractivity contribution >= 4 is 28.3 Å². The number of likely N-dealkylation sites (tertiary alicyclic amines) is 1. The van der Waals surface area contributed by atoms with Gasteiger partial charge < -0.3 is 10.6 Å². The Hall–Kier alpha value is -1.83. The van der Waals surface area contributed by atoms with Crippen LogP contribution in [0.25, 0.3) is 0 Å². The fourth-order valence-corrected chi connectivity index (χ4v) is 3.97. The van der Waals surface area contributed by atoms with Gasteiger partial charge in [-0.05, 0) is 38.0 Å². The lowest BCUT2D eigenvalue weighted by molar-refractivity contribution is 0.0715. The van der Waals surface area contributed by atoms with Gasteiger partial charge in [0.05, 0.1) is 10.5 Å². The van der Waals surface area contributed by atoms with Crippen LogP contribution in [0.4, 0.5) is 0 Å². The van der Waals surface area contributed by atoms with Gasteiger partial charge in [0.2, 0.25) is 0 Å². The number of carbonyl (C=O) groups excluding carboxylic acids is 1. The zero-order valence-electron chi connectivity index (χ0n) is 14.0. The lowest BCUT2D eigenvalue weighted by Crippen LogP contribution is -2.42. The number of halogens is 1. The van der Waals surface area contributed by atoms with Crippen LogP contribution in [0.2, 0.25) is 0 Å². The third-order valence-corrected chi connectivity index (χ3v) is 5.99. The molecule has 2 aromatic rings. The van der Waals surface area contributed by atoms with E-state index in [1.54, 1.807) is 35.2 Å². The number of carbonyl (C=O) groups is 1. The van der Waals surface area contributed by atoms with E-state index in [1.165, 1.54) is 12.4 Å². The van der Waals surface area contributed by atoms with Crippen LogP contribution >= 0.6 is 12.4 Å². The Morgan fingerprint density at radius 2 is 1.72 bits per heavy atom. The highest BCUT2D eigenvalue weighted by atomic mass is 35.5. The number of nitrogens with zero attached hydrogens (tertiary/aromatic N) is 2. The van der Waals surface area contributed by atoms with Gasteiger partial charge in [0.25, 0.3) is 15.9 Å². The van der Waals surface area contributed by atoms with Crippen molar-refractivity contribution in [2.24, 2.45) is 5.73 Å². The Bertz CT molecular complexity index is 838. The topological polar surface area (TPSA) is 85.4 Å². The number of benzene rings is 1. The molecule has 0 bridgehead atoms. The van der Waals surface area contributed by atoms with Gasteiger partial charge in [-0.3, -0.25) is 4.79 Å². The summed E-state index contributed by atoms with van der Waals surface area (Å²) in [5, 5.41) is 0. The summed E-state index contributed by atoms with van der Waals surface area (Å²) >= 11 is 0. The molecule has 0 aliphatic carbocycles. The molecule has 0 saturated carbocycles. The molecular formula is C17H22ClN3O3S. The largest absolute Gasteiger partial charge is 0.338 e. The van der Waals surface area contributed by atoms with Crippen LogP contribution in [0.3, 0.4) is 0 Å². The van der Waals surface area contributed by atoms with Crippen molar-refractivity contribution in [2.45, 2.75) is 30.7 Å². The molecule has 1 aliphatic heterocycles. The summed E-state index contributed by atoms with van der Waals surface area (Å²) in [6.07, 6.45) is 4.34. The molecule has 1 amide bonds. The molecule has 8 heteroatoms. The van der Waals surface area contributed by atoms with Crippen LogP contribution in [0, 0.1) is 6.92 Å². The summed E-state index contributed by atoms with van der Waals surface area (Å²) in [5.41, 5.74) is 7.21. The van der Waals surface area contributed by atoms with E-state index in [9.17, 15) is 13.2 Å². The van der Waals surface area contributed by atoms with Crippen molar-refractivity contribution in [3.63, 3.8) is 0 Å². The fourth-order valence-electron chi connectivity index (χ4n) is 2.77. The molecule has 0 unspecified atom stereocenters. The average Bonchev–Trinajstić information content (AvgIpc) is 3.06. The Balaban J connectivity index is 0.00000225. The highest BCUT2D eigenvalue weighted by molar-refractivity contribution is 7.90. The fraction of sp³-hybridized carbons (Fsp3) is 0.353. The van der Waals surface area contributed by atoms with Crippen LogP contribution in [-0.2, 0) is 10.0 Å². The molecule has 2 heterocycles. The highest BCUT2D eigenvalue weighted by Gasteiger charge is 2.24. The number of hydrogen-bond donors (Lipinski definition) is 1. The third-order valence-electron chi connectivity index (χ3n) is 4.34. The van der Waals surface area contributed by atoms with Crippen molar-refractivity contribution in [3.8, 4) is 0 Å². The maximum Gasteiger partial charge on any atom is 0.267 e. The quantitative estimate of drug-likeness (QED) is 0.878. The van der Waals surface area contributed by atoms with Crippen LogP contribution in [0.5, 0.6) is 0 Å². The Morgan fingerprint density at radius 1 is 1.12 bits per heavy atom. The lowest BCUT2D eigenvalue weighted by Gasteiger charge is -2.29. The normalized spacial score (nSPS) is 15.7. The van der Waals surface area contributed by atoms with Gasteiger partial charge >= 0.3 is 0 Å².